The highest BCUT2D eigenvalue weighted by molar-refractivity contribution is 6.99. The van der Waals surface area contributed by atoms with Crippen LogP contribution in [-0.2, 0) is 0 Å². The molecule has 1 aromatic carbocycles. The van der Waals surface area contributed by atoms with E-state index in [9.17, 15) is 4.79 Å². The molecular formula is C11H11N3O2S. The lowest BCUT2D eigenvalue weighted by molar-refractivity contribution is 0.0977. The van der Waals surface area contributed by atoms with E-state index in [-0.39, 0.29) is 19.1 Å². The van der Waals surface area contributed by atoms with Gasteiger partial charge in [-0.05, 0) is 12.1 Å². The molecule has 0 saturated heterocycles. The Morgan fingerprint density at radius 3 is 2.71 bits per heavy atom. The number of anilines is 1. The third-order valence-corrected chi connectivity index (χ3v) is 2.70. The smallest absolute Gasteiger partial charge is 0.279 e. The first-order chi connectivity index (χ1) is 8.33. The number of nitrogens with zero attached hydrogens (tertiary/aromatic N) is 3. The maximum absolute atomic E-state index is 12.1. The highest BCUT2D eigenvalue weighted by atomic mass is 32.1. The fourth-order valence-corrected chi connectivity index (χ4v) is 1.86. The van der Waals surface area contributed by atoms with E-state index >= 15 is 0 Å². The van der Waals surface area contributed by atoms with Crippen LogP contribution in [0.15, 0.2) is 36.5 Å². The first-order valence-electron chi connectivity index (χ1n) is 5.08. The van der Waals surface area contributed by atoms with Crippen LogP contribution in [0.3, 0.4) is 0 Å². The Hall–Kier alpha value is -1.79. The van der Waals surface area contributed by atoms with Crippen LogP contribution in [0.1, 0.15) is 10.5 Å². The summed E-state index contributed by atoms with van der Waals surface area (Å²) in [6.07, 6.45) is 1.43. The third kappa shape index (κ3) is 2.66. The topological polar surface area (TPSA) is 66.3 Å². The van der Waals surface area contributed by atoms with Gasteiger partial charge in [-0.2, -0.15) is 8.75 Å². The van der Waals surface area contributed by atoms with Crippen molar-refractivity contribution in [1.82, 2.24) is 8.75 Å². The van der Waals surface area contributed by atoms with Crippen molar-refractivity contribution < 1.29 is 9.90 Å². The molecule has 88 valence electrons. The molecular weight excluding hydrogens is 238 g/mol. The van der Waals surface area contributed by atoms with E-state index in [1.807, 2.05) is 30.3 Å². The van der Waals surface area contributed by atoms with Gasteiger partial charge < -0.3 is 10.0 Å². The van der Waals surface area contributed by atoms with E-state index < -0.39 is 0 Å². The summed E-state index contributed by atoms with van der Waals surface area (Å²) in [6.45, 7) is 0.137. The van der Waals surface area contributed by atoms with Gasteiger partial charge >= 0.3 is 0 Å². The molecule has 6 heteroatoms. The standard InChI is InChI=1S/C11H11N3O2S/c15-7-6-14(9-4-2-1-3-5-9)11(16)10-8-12-17-13-10/h1-5,8,15H,6-7H2. The van der Waals surface area contributed by atoms with Gasteiger partial charge in [0, 0.05) is 12.2 Å². The summed E-state index contributed by atoms with van der Waals surface area (Å²) in [6, 6.07) is 9.18. The molecule has 0 aliphatic heterocycles. The van der Waals surface area contributed by atoms with Gasteiger partial charge in [0.15, 0.2) is 5.69 Å². The van der Waals surface area contributed by atoms with Crippen molar-refractivity contribution in [2.75, 3.05) is 18.1 Å². The van der Waals surface area contributed by atoms with Gasteiger partial charge in [-0.15, -0.1) is 0 Å². The van der Waals surface area contributed by atoms with Crippen LogP contribution >= 0.6 is 11.7 Å². The second-order valence-corrected chi connectivity index (χ2v) is 3.87. The first-order valence-corrected chi connectivity index (χ1v) is 5.81. The van der Waals surface area contributed by atoms with E-state index in [1.165, 1.54) is 11.1 Å². The summed E-state index contributed by atoms with van der Waals surface area (Å²) in [5, 5.41) is 9.02. The largest absolute Gasteiger partial charge is 0.395 e. The summed E-state index contributed by atoms with van der Waals surface area (Å²) in [7, 11) is 0. The van der Waals surface area contributed by atoms with Gasteiger partial charge in [0.25, 0.3) is 5.91 Å². The number of hydrogen-bond donors (Lipinski definition) is 1. The molecule has 0 atom stereocenters. The van der Waals surface area contributed by atoms with Crippen molar-refractivity contribution in [3.63, 3.8) is 0 Å². The molecule has 0 spiro atoms. The van der Waals surface area contributed by atoms with Crippen LogP contribution in [-0.4, -0.2) is 32.9 Å². The van der Waals surface area contributed by atoms with Crippen molar-refractivity contribution in [3.8, 4) is 0 Å². The van der Waals surface area contributed by atoms with Crippen molar-refractivity contribution in [3.05, 3.63) is 42.2 Å². The number of carbonyl (C=O) groups is 1. The Labute approximate surface area is 103 Å². The predicted molar refractivity (Wildman–Crippen MR) is 65.1 cm³/mol. The van der Waals surface area contributed by atoms with Crippen molar-refractivity contribution in [2.24, 2.45) is 0 Å². The van der Waals surface area contributed by atoms with Crippen LogP contribution < -0.4 is 4.90 Å². The van der Waals surface area contributed by atoms with Gasteiger partial charge in [-0.3, -0.25) is 4.79 Å². The molecule has 0 saturated carbocycles. The van der Waals surface area contributed by atoms with Crippen molar-refractivity contribution in [1.29, 1.82) is 0 Å². The SMILES string of the molecule is O=C(c1cnsn1)N(CCO)c1ccccc1. The molecule has 0 bridgehead atoms. The number of hydrogen-bond acceptors (Lipinski definition) is 5. The highest BCUT2D eigenvalue weighted by Crippen LogP contribution is 2.15. The fourth-order valence-electron chi connectivity index (χ4n) is 1.45. The number of rotatable bonds is 4. The van der Waals surface area contributed by atoms with Gasteiger partial charge in [0.05, 0.1) is 24.5 Å². The number of aromatic nitrogens is 2. The molecule has 0 unspecified atom stereocenters. The molecule has 0 radical (unpaired) electrons. The molecule has 1 N–H and O–H groups in total. The predicted octanol–water partition coefficient (Wildman–Crippen LogP) is 1.18. The molecule has 17 heavy (non-hydrogen) atoms. The number of aliphatic hydroxyl groups is 1. The van der Waals surface area contributed by atoms with Gasteiger partial charge in [0.1, 0.15) is 0 Å². The van der Waals surface area contributed by atoms with E-state index in [0.29, 0.717) is 5.69 Å². The zero-order valence-corrected chi connectivity index (χ0v) is 9.80. The van der Waals surface area contributed by atoms with E-state index in [1.54, 1.807) is 0 Å². The molecule has 1 heterocycles. The minimum absolute atomic E-state index is 0.0990. The van der Waals surface area contributed by atoms with Crippen molar-refractivity contribution >= 4 is 23.3 Å². The first kappa shape index (κ1) is 11.7. The lowest BCUT2D eigenvalue weighted by atomic mass is 10.2. The maximum atomic E-state index is 12.1. The lowest BCUT2D eigenvalue weighted by Crippen LogP contribution is -2.33. The van der Waals surface area contributed by atoms with E-state index in [2.05, 4.69) is 8.75 Å². The quantitative estimate of drug-likeness (QED) is 0.883. The molecule has 1 amide bonds. The number of benzene rings is 1. The monoisotopic (exact) mass is 249 g/mol. The summed E-state index contributed by atoms with van der Waals surface area (Å²) in [5.74, 6) is -0.251. The molecule has 1 aromatic heterocycles. The fraction of sp³-hybridized carbons (Fsp3) is 0.182. The average molecular weight is 249 g/mol. The molecule has 2 rings (SSSR count). The Morgan fingerprint density at radius 1 is 1.35 bits per heavy atom. The number of aliphatic hydroxyl groups excluding tert-OH is 1. The minimum Gasteiger partial charge on any atom is -0.395 e. The average Bonchev–Trinajstić information content (AvgIpc) is 2.90. The zero-order valence-electron chi connectivity index (χ0n) is 8.98. The van der Waals surface area contributed by atoms with Gasteiger partial charge in [-0.25, -0.2) is 0 Å². The summed E-state index contributed by atoms with van der Waals surface area (Å²) in [5.41, 5.74) is 1.03. The Kier molecular flexibility index (Phi) is 3.79. The minimum atomic E-state index is -0.251. The van der Waals surface area contributed by atoms with E-state index in [0.717, 1.165) is 17.4 Å². The summed E-state index contributed by atoms with van der Waals surface area (Å²) < 4.78 is 7.70. The Bertz CT molecular complexity index is 473. The zero-order chi connectivity index (χ0) is 12.1. The number of para-hydroxylation sites is 1. The summed E-state index contributed by atoms with van der Waals surface area (Å²) >= 11 is 0.989. The Balaban J connectivity index is 2.27. The normalized spacial score (nSPS) is 10.2. The molecule has 2 aromatic rings. The second-order valence-electron chi connectivity index (χ2n) is 3.31. The maximum Gasteiger partial charge on any atom is 0.279 e. The van der Waals surface area contributed by atoms with Crippen LogP contribution in [0.25, 0.3) is 0 Å². The molecule has 0 fully saturated rings. The van der Waals surface area contributed by atoms with Crippen LogP contribution in [0.5, 0.6) is 0 Å². The van der Waals surface area contributed by atoms with Gasteiger partial charge in [-0.1, -0.05) is 18.2 Å². The number of amides is 1. The van der Waals surface area contributed by atoms with E-state index in [4.69, 9.17) is 5.11 Å². The Morgan fingerprint density at radius 2 is 2.12 bits per heavy atom. The van der Waals surface area contributed by atoms with Crippen molar-refractivity contribution in [2.45, 2.75) is 0 Å². The lowest BCUT2D eigenvalue weighted by Gasteiger charge is -2.20. The number of carbonyl (C=O) groups excluding carboxylic acids is 1. The second kappa shape index (κ2) is 5.51. The van der Waals surface area contributed by atoms with Crippen LogP contribution in [0.4, 0.5) is 5.69 Å². The van der Waals surface area contributed by atoms with Gasteiger partial charge in [0.2, 0.25) is 0 Å². The third-order valence-electron chi connectivity index (χ3n) is 2.22. The molecule has 0 aliphatic carbocycles. The van der Waals surface area contributed by atoms with Crippen LogP contribution in [0.2, 0.25) is 0 Å². The molecule has 0 aliphatic rings. The molecule has 5 nitrogen and oxygen atoms in total. The summed E-state index contributed by atoms with van der Waals surface area (Å²) in [4.78, 5) is 13.6. The van der Waals surface area contributed by atoms with Crippen LogP contribution in [0, 0.1) is 0 Å². The highest BCUT2D eigenvalue weighted by Gasteiger charge is 2.19.